The van der Waals surface area contributed by atoms with Crippen LogP contribution in [0.3, 0.4) is 0 Å². The summed E-state index contributed by atoms with van der Waals surface area (Å²) >= 11 is 3.63. The Morgan fingerprint density at radius 2 is 2.25 bits per heavy atom. The minimum absolute atomic E-state index is 0.0742. The lowest BCUT2D eigenvalue weighted by molar-refractivity contribution is 0.101. The SMILES string of the molecule is CC(=O)c1csc(CSC2CCCCC2)n1. The van der Waals surface area contributed by atoms with Gasteiger partial charge in [0.1, 0.15) is 10.7 Å². The number of thioether (sulfide) groups is 1. The van der Waals surface area contributed by atoms with Crippen LogP contribution in [0.2, 0.25) is 0 Å². The van der Waals surface area contributed by atoms with Gasteiger partial charge in [0.2, 0.25) is 0 Å². The van der Waals surface area contributed by atoms with Crippen LogP contribution in [0, 0.1) is 0 Å². The van der Waals surface area contributed by atoms with Crippen molar-refractivity contribution in [3.8, 4) is 0 Å². The predicted molar refractivity (Wildman–Crippen MR) is 70.3 cm³/mol. The molecule has 0 N–H and O–H groups in total. The van der Waals surface area contributed by atoms with Gasteiger partial charge < -0.3 is 0 Å². The Hall–Kier alpha value is -0.350. The van der Waals surface area contributed by atoms with Gasteiger partial charge in [-0.15, -0.1) is 11.3 Å². The maximum Gasteiger partial charge on any atom is 0.178 e. The molecule has 88 valence electrons. The van der Waals surface area contributed by atoms with Crippen LogP contribution < -0.4 is 0 Å². The Bertz CT molecular complexity index is 356. The number of hydrogen-bond acceptors (Lipinski definition) is 4. The van der Waals surface area contributed by atoms with Crippen molar-refractivity contribution in [3.05, 3.63) is 16.1 Å². The van der Waals surface area contributed by atoms with Crippen molar-refractivity contribution in [3.63, 3.8) is 0 Å². The van der Waals surface area contributed by atoms with Gasteiger partial charge in [0.15, 0.2) is 5.78 Å². The molecule has 0 bridgehead atoms. The summed E-state index contributed by atoms with van der Waals surface area (Å²) < 4.78 is 0. The Morgan fingerprint density at radius 3 is 2.88 bits per heavy atom. The molecule has 1 saturated carbocycles. The summed E-state index contributed by atoms with van der Waals surface area (Å²) in [7, 11) is 0. The van der Waals surface area contributed by atoms with E-state index in [1.54, 1.807) is 18.3 Å². The third-order valence-electron chi connectivity index (χ3n) is 2.91. The minimum Gasteiger partial charge on any atom is -0.293 e. The first kappa shape index (κ1) is 12.1. The third kappa shape index (κ3) is 3.32. The van der Waals surface area contributed by atoms with Crippen molar-refractivity contribution in [1.29, 1.82) is 0 Å². The molecule has 0 aliphatic heterocycles. The molecule has 1 heterocycles. The summed E-state index contributed by atoms with van der Waals surface area (Å²) in [5.41, 5.74) is 0.629. The van der Waals surface area contributed by atoms with Crippen LogP contribution in [-0.2, 0) is 5.75 Å². The van der Waals surface area contributed by atoms with E-state index in [9.17, 15) is 4.79 Å². The molecule has 2 nitrogen and oxygen atoms in total. The Kier molecular flexibility index (Phi) is 4.41. The molecule has 0 atom stereocenters. The van der Waals surface area contributed by atoms with E-state index in [1.165, 1.54) is 32.1 Å². The molecule has 4 heteroatoms. The van der Waals surface area contributed by atoms with Gasteiger partial charge in [-0.2, -0.15) is 11.8 Å². The van der Waals surface area contributed by atoms with Crippen LogP contribution in [0.15, 0.2) is 5.38 Å². The second-order valence-corrected chi connectivity index (χ2v) is 6.49. The smallest absolute Gasteiger partial charge is 0.178 e. The third-order valence-corrected chi connectivity index (χ3v) is 5.32. The molecule has 0 aromatic carbocycles. The van der Waals surface area contributed by atoms with Gasteiger partial charge in [-0.3, -0.25) is 4.79 Å². The van der Waals surface area contributed by atoms with Crippen molar-refractivity contribution < 1.29 is 4.79 Å². The van der Waals surface area contributed by atoms with Crippen LogP contribution in [0.1, 0.15) is 54.5 Å². The van der Waals surface area contributed by atoms with Gasteiger partial charge >= 0.3 is 0 Å². The quantitative estimate of drug-likeness (QED) is 0.764. The first-order chi connectivity index (χ1) is 7.75. The van der Waals surface area contributed by atoms with Gasteiger partial charge in [-0.05, 0) is 12.8 Å². The minimum atomic E-state index is 0.0742. The second-order valence-electron chi connectivity index (χ2n) is 4.25. The monoisotopic (exact) mass is 255 g/mol. The van der Waals surface area contributed by atoms with E-state index in [0.717, 1.165) is 16.0 Å². The summed E-state index contributed by atoms with van der Waals surface area (Å²) in [6.07, 6.45) is 6.89. The number of carbonyl (C=O) groups excluding carboxylic acids is 1. The largest absolute Gasteiger partial charge is 0.293 e. The summed E-state index contributed by atoms with van der Waals surface area (Å²) in [6, 6.07) is 0. The average molecular weight is 255 g/mol. The highest BCUT2D eigenvalue weighted by Crippen LogP contribution is 2.31. The van der Waals surface area contributed by atoms with Gasteiger partial charge in [-0.1, -0.05) is 19.3 Å². The average Bonchev–Trinajstić information content (AvgIpc) is 2.76. The molecule has 0 saturated heterocycles. The number of rotatable bonds is 4. The molecule has 1 aromatic rings. The predicted octanol–water partition coefficient (Wildman–Crippen LogP) is 3.91. The zero-order valence-electron chi connectivity index (χ0n) is 9.57. The first-order valence-corrected chi connectivity index (χ1v) is 7.75. The Balaban J connectivity index is 1.81. The molecule has 1 aliphatic rings. The number of carbonyl (C=O) groups is 1. The van der Waals surface area contributed by atoms with E-state index in [0.29, 0.717) is 5.69 Å². The lowest BCUT2D eigenvalue weighted by atomic mass is 10.0. The van der Waals surface area contributed by atoms with Crippen molar-refractivity contribution in [2.45, 2.75) is 50.0 Å². The first-order valence-electron chi connectivity index (χ1n) is 5.82. The summed E-state index contributed by atoms with van der Waals surface area (Å²) in [4.78, 5) is 15.4. The number of thiazole rings is 1. The van der Waals surface area contributed by atoms with Crippen molar-refractivity contribution >= 4 is 28.9 Å². The van der Waals surface area contributed by atoms with Gasteiger partial charge in [0, 0.05) is 23.3 Å². The number of nitrogens with zero attached hydrogens (tertiary/aromatic N) is 1. The van der Waals surface area contributed by atoms with Crippen molar-refractivity contribution in [1.82, 2.24) is 4.98 Å². The maximum absolute atomic E-state index is 11.1. The molecule has 0 amide bonds. The van der Waals surface area contributed by atoms with Crippen LogP contribution in [0.25, 0.3) is 0 Å². The molecule has 1 aromatic heterocycles. The van der Waals surface area contributed by atoms with Gasteiger partial charge in [0.05, 0.1) is 0 Å². The van der Waals surface area contributed by atoms with Crippen molar-refractivity contribution in [2.75, 3.05) is 0 Å². The van der Waals surface area contributed by atoms with E-state index >= 15 is 0 Å². The van der Waals surface area contributed by atoms with E-state index in [2.05, 4.69) is 4.98 Å². The van der Waals surface area contributed by atoms with E-state index < -0.39 is 0 Å². The molecule has 1 fully saturated rings. The summed E-state index contributed by atoms with van der Waals surface area (Å²) in [5, 5.41) is 3.79. The van der Waals surface area contributed by atoms with Gasteiger partial charge in [-0.25, -0.2) is 4.98 Å². The highest BCUT2D eigenvalue weighted by atomic mass is 32.2. The number of Topliss-reactive ketones (excluding diaryl/α,β-unsaturated/α-hetero) is 1. The fourth-order valence-electron chi connectivity index (χ4n) is 1.96. The molecule has 16 heavy (non-hydrogen) atoms. The fraction of sp³-hybridized carbons (Fsp3) is 0.667. The van der Waals surface area contributed by atoms with E-state index in [-0.39, 0.29) is 5.78 Å². The van der Waals surface area contributed by atoms with Crippen molar-refractivity contribution in [2.24, 2.45) is 0 Å². The standard InChI is InChI=1S/C12H17NOS2/c1-9(14)11-7-16-12(13-11)8-15-10-5-3-2-4-6-10/h7,10H,2-6,8H2,1H3. The summed E-state index contributed by atoms with van der Waals surface area (Å²) in [5.74, 6) is 1.05. The Labute approximate surface area is 105 Å². The van der Waals surface area contributed by atoms with E-state index in [1.807, 2.05) is 17.1 Å². The molecule has 0 spiro atoms. The molecule has 1 aliphatic carbocycles. The lowest BCUT2D eigenvalue weighted by Crippen LogP contribution is -2.08. The van der Waals surface area contributed by atoms with Crippen LogP contribution in [-0.4, -0.2) is 16.0 Å². The number of aromatic nitrogens is 1. The topological polar surface area (TPSA) is 30.0 Å². The van der Waals surface area contributed by atoms with Crippen LogP contribution in [0.5, 0.6) is 0 Å². The summed E-state index contributed by atoms with van der Waals surface area (Å²) in [6.45, 7) is 1.58. The molecule has 0 radical (unpaired) electrons. The maximum atomic E-state index is 11.1. The Morgan fingerprint density at radius 1 is 1.50 bits per heavy atom. The molecule has 2 rings (SSSR count). The normalized spacial score (nSPS) is 17.6. The number of ketones is 1. The van der Waals surface area contributed by atoms with E-state index in [4.69, 9.17) is 0 Å². The highest BCUT2D eigenvalue weighted by molar-refractivity contribution is 7.99. The molecule has 0 unspecified atom stereocenters. The zero-order chi connectivity index (χ0) is 11.4. The zero-order valence-corrected chi connectivity index (χ0v) is 11.2. The highest BCUT2D eigenvalue weighted by Gasteiger charge is 2.14. The number of hydrogen-bond donors (Lipinski definition) is 0. The molecular weight excluding hydrogens is 238 g/mol. The lowest BCUT2D eigenvalue weighted by Gasteiger charge is -2.20. The van der Waals surface area contributed by atoms with Gasteiger partial charge in [0.25, 0.3) is 0 Å². The van der Waals surface area contributed by atoms with Crippen LogP contribution >= 0.6 is 23.1 Å². The second kappa shape index (κ2) is 5.82. The van der Waals surface area contributed by atoms with Crippen LogP contribution in [0.4, 0.5) is 0 Å². The molecular formula is C12H17NOS2. The fourth-order valence-corrected chi connectivity index (χ4v) is 4.16.